The van der Waals surface area contributed by atoms with Gasteiger partial charge in [0.15, 0.2) is 17.4 Å². The molecule has 26 heavy (non-hydrogen) atoms. The van der Waals surface area contributed by atoms with E-state index in [9.17, 15) is 22.4 Å². The van der Waals surface area contributed by atoms with E-state index in [1.807, 2.05) is 5.32 Å². The van der Waals surface area contributed by atoms with Gasteiger partial charge >= 0.3 is 6.18 Å². The number of alkyl halides is 3. The van der Waals surface area contributed by atoms with Crippen LogP contribution in [0.5, 0.6) is 0 Å². The summed E-state index contributed by atoms with van der Waals surface area (Å²) in [4.78, 5) is 20.5. The standard InChI is InChI=1S/C17H14F4N4O/c1-9-7-10(2)25-8-22-13(15(25)23-9)16(26)24-14(17(19,20)21)11-3-5-12(18)6-4-11/h3-8,14H,1-2H3,(H,24,26). The summed E-state index contributed by atoms with van der Waals surface area (Å²) < 4.78 is 54.7. The number of carbonyl (C=O) groups excluding carboxylic acids is 1. The Morgan fingerprint density at radius 2 is 1.85 bits per heavy atom. The molecule has 2 heterocycles. The molecule has 3 rings (SSSR count). The van der Waals surface area contributed by atoms with E-state index in [2.05, 4.69) is 9.97 Å². The van der Waals surface area contributed by atoms with Crippen molar-refractivity contribution >= 4 is 11.6 Å². The van der Waals surface area contributed by atoms with Crippen LogP contribution in [-0.2, 0) is 0 Å². The average Bonchev–Trinajstić information content (AvgIpc) is 2.96. The number of nitrogens with one attached hydrogen (secondary N) is 1. The lowest BCUT2D eigenvalue weighted by molar-refractivity contribution is -0.155. The highest BCUT2D eigenvalue weighted by atomic mass is 19.4. The number of nitrogens with zero attached hydrogens (tertiary/aromatic N) is 3. The summed E-state index contributed by atoms with van der Waals surface area (Å²) in [5, 5.41) is 1.92. The van der Waals surface area contributed by atoms with Crippen molar-refractivity contribution in [3.63, 3.8) is 0 Å². The summed E-state index contributed by atoms with van der Waals surface area (Å²) in [6.45, 7) is 3.47. The van der Waals surface area contributed by atoms with Crippen molar-refractivity contribution in [1.29, 1.82) is 0 Å². The number of benzene rings is 1. The number of hydrogen-bond acceptors (Lipinski definition) is 3. The molecule has 0 aliphatic rings. The number of fused-ring (bicyclic) bond motifs is 1. The smallest absolute Gasteiger partial charge is 0.335 e. The first-order chi connectivity index (χ1) is 12.2. The maximum absolute atomic E-state index is 13.4. The van der Waals surface area contributed by atoms with Crippen LogP contribution in [0.15, 0.2) is 36.7 Å². The lowest BCUT2D eigenvalue weighted by atomic mass is 10.1. The van der Waals surface area contributed by atoms with Crippen molar-refractivity contribution in [2.45, 2.75) is 26.1 Å². The molecule has 0 radical (unpaired) electrons. The number of hydrogen-bond donors (Lipinski definition) is 1. The second-order valence-corrected chi connectivity index (χ2v) is 5.83. The molecule has 3 aromatic rings. The fraction of sp³-hybridized carbons (Fsp3) is 0.235. The molecule has 1 N–H and O–H groups in total. The Morgan fingerprint density at radius 1 is 1.19 bits per heavy atom. The van der Waals surface area contributed by atoms with Gasteiger partial charge in [-0.25, -0.2) is 14.4 Å². The number of rotatable bonds is 3. The SMILES string of the molecule is Cc1cc(C)n2cnc(C(=O)NC(c3ccc(F)cc3)C(F)(F)F)c2n1. The zero-order valence-electron chi connectivity index (χ0n) is 13.8. The predicted octanol–water partition coefficient (Wildman–Crippen LogP) is 3.52. The van der Waals surface area contributed by atoms with E-state index in [1.165, 1.54) is 10.7 Å². The van der Waals surface area contributed by atoms with Crippen LogP contribution in [0.2, 0.25) is 0 Å². The van der Waals surface area contributed by atoms with Crippen LogP contribution in [0.3, 0.4) is 0 Å². The van der Waals surface area contributed by atoms with Crippen LogP contribution in [0.4, 0.5) is 17.6 Å². The third kappa shape index (κ3) is 3.37. The Morgan fingerprint density at radius 3 is 2.46 bits per heavy atom. The quantitative estimate of drug-likeness (QED) is 0.722. The van der Waals surface area contributed by atoms with E-state index in [0.717, 1.165) is 30.0 Å². The topological polar surface area (TPSA) is 59.3 Å². The van der Waals surface area contributed by atoms with Crippen LogP contribution in [0.25, 0.3) is 5.65 Å². The molecule has 0 saturated carbocycles. The second kappa shape index (κ2) is 6.40. The van der Waals surface area contributed by atoms with Gasteiger partial charge in [0.2, 0.25) is 0 Å². The Hall–Kier alpha value is -2.97. The zero-order valence-corrected chi connectivity index (χ0v) is 13.8. The Kier molecular flexibility index (Phi) is 4.39. The number of carbonyl (C=O) groups is 1. The van der Waals surface area contributed by atoms with Gasteiger partial charge in [0.25, 0.3) is 5.91 Å². The molecule has 0 saturated heterocycles. The van der Waals surface area contributed by atoms with E-state index in [4.69, 9.17) is 0 Å². The van der Waals surface area contributed by atoms with Crippen molar-refractivity contribution in [2.75, 3.05) is 0 Å². The van der Waals surface area contributed by atoms with Crippen LogP contribution in [0, 0.1) is 19.7 Å². The fourth-order valence-corrected chi connectivity index (χ4v) is 2.65. The van der Waals surface area contributed by atoms with Crippen molar-refractivity contribution in [2.24, 2.45) is 0 Å². The van der Waals surface area contributed by atoms with Gasteiger partial charge in [0, 0.05) is 11.4 Å². The molecular weight excluding hydrogens is 352 g/mol. The predicted molar refractivity (Wildman–Crippen MR) is 85.1 cm³/mol. The van der Waals surface area contributed by atoms with E-state index in [-0.39, 0.29) is 16.9 Å². The van der Waals surface area contributed by atoms with E-state index < -0.39 is 23.9 Å². The molecule has 2 aromatic heterocycles. The summed E-state index contributed by atoms with van der Waals surface area (Å²) in [6, 6.07) is 3.23. The molecule has 0 spiro atoms. The zero-order chi connectivity index (χ0) is 19.1. The van der Waals surface area contributed by atoms with Gasteiger partial charge < -0.3 is 5.32 Å². The minimum Gasteiger partial charge on any atom is -0.335 e. The molecule has 1 amide bonds. The van der Waals surface area contributed by atoms with E-state index in [0.29, 0.717) is 5.69 Å². The third-order valence-corrected chi connectivity index (χ3v) is 3.84. The molecule has 1 unspecified atom stereocenters. The summed E-state index contributed by atoms with van der Waals surface area (Å²) in [6.07, 6.45) is -3.44. The molecule has 1 aromatic carbocycles. The van der Waals surface area contributed by atoms with Crippen molar-refractivity contribution in [1.82, 2.24) is 19.7 Å². The molecule has 0 aliphatic carbocycles. The minimum atomic E-state index is -4.76. The number of halogens is 4. The van der Waals surface area contributed by atoms with E-state index >= 15 is 0 Å². The molecule has 0 fully saturated rings. The molecule has 9 heteroatoms. The molecular formula is C17H14F4N4O. The summed E-state index contributed by atoms with van der Waals surface area (Å²) in [5.41, 5.74) is 1.02. The third-order valence-electron chi connectivity index (χ3n) is 3.84. The Labute approximate surface area is 145 Å². The van der Waals surface area contributed by atoms with Crippen LogP contribution >= 0.6 is 0 Å². The first-order valence-electron chi connectivity index (χ1n) is 7.61. The molecule has 0 aliphatic heterocycles. The van der Waals surface area contributed by atoms with Crippen LogP contribution in [0.1, 0.15) is 33.5 Å². The highest BCUT2D eigenvalue weighted by molar-refractivity contribution is 5.98. The van der Waals surface area contributed by atoms with Crippen molar-refractivity contribution in [3.05, 3.63) is 65.1 Å². The van der Waals surface area contributed by atoms with Crippen LogP contribution < -0.4 is 5.32 Å². The number of aryl methyl sites for hydroxylation is 2. The first-order valence-corrected chi connectivity index (χ1v) is 7.61. The minimum absolute atomic E-state index is 0.167. The van der Waals surface area contributed by atoms with Gasteiger partial charge in [-0.15, -0.1) is 0 Å². The number of aromatic nitrogens is 3. The van der Waals surface area contributed by atoms with Gasteiger partial charge in [-0.1, -0.05) is 12.1 Å². The molecule has 5 nitrogen and oxygen atoms in total. The maximum atomic E-state index is 13.4. The lowest BCUT2D eigenvalue weighted by Crippen LogP contribution is -2.38. The number of imidazole rings is 1. The number of amides is 1. The van der Waals surface area contributed by atoms with Crippen LogP contribution in [-0.4, -0.2) is 26.5 Å². The molecule has 1 atom stereocenters. The summed E-state index contributed by atoms with van der Waals surface area (Å²) >= 11 is 0. The van der Waals surface area contributed by atoms with Gasteiger partial charge in [-0.2, -0.15) is 13.2 Å². The summed E-state index contributed by atoms with van der Waals surface area (Å²) in [7, 11) is 0. The first kappa shape index (κ1) is 17.8. The summed E-state index contributed by atoms with van der Waals surface area (Å²) in [5.74, 6) is -1.69. The molecule has 0 bridgehead atoms. The van der Waals surface area contributed by atoms with Crippen molar-refractivity contribution < 1.29 is 22.4 Å². The molecule has 136 valence electrons. The van der Waals surface area contributed by atoms with Gasteiger partial charge in [0.1, 0.15) is 12.1 Å². The second-order valence-electron chi connectivity index (χ2n) is 5.83. The monoisotopic (exact) mass is 366 g/mol. The fourth-order valence-electron chi connectivity index (χ4n) is 2.65. The average molecular weight is 366 g/mol. The van der Waals surface area contributed by atoms with Gasteiger partial charge in [-0.3, -0.25) is 9.20 Å². The maximum Gasteiger partial charge on any atom is 0.412 e. The normalized spacial score (nSPS) is 13.0. The Balaban J connectivity index is 1.97. The van der Waals surface area contributed by atoms with E-state index in [1.54, 1.807) is 19.9 Å². The lowest BCUT2D eigenvalue weighted by Gasteiger charge is -2.21. The largest absolute Gasteiger partial charge is 0.412 e. The highest BCUT2D eigenvalue weighted by Gasteiger charge is 2.42. The van der Waals surface area contributed by atoms with Gasteiger partial charge in [0.05, 0.1) is 0 Å². The Bertz CT molecular complexity index is 963. The highest BCUT2D eigenvalue weighted by Crippen LogP contribution is 2.33. The van der Waals surface area contributed by atoms with Crippen molar-refractivity contribution in [3.8, 4) is 0 Å². The van der Waals surface area contributed by atoms with Gasteiger partial charge in [-0.05, 0) is 37.6 Å².